The molecular formula is C36H46F22O10. The quantitative estimate of drug-likeness (QED) is 0.0415. The highest BCUT2D eigenvalue weighted by Gasteiger charge is 2.77. The molecule has 0 aliphatic heterocycles. The van der Waals surface area contributed by atoms with Crippen LogP contribution >= 0.6 is 0 Å². The van der Waals surface area contributed by atoms with Crippen LogP contribution in [-0.2, 0) is 38.1 Å². The number of aliphatic hydroxyl groups is 2. The predicted octanol–water partition coefficient (Wildman–Crippen LogP) is 9.81. The molecule has 3 unspecified atom stereocenters. The summed E-state index contributed by atoms with van der Waals surface area (Å²) in [7, 11) is 0.859. The molecule has 0 bridgehead atoms. The van der Waals surface area contributed by atoms with Gasteiger partial charge in [0.15, 0.2) is 19.3 Å². The zero-order valence-corrected chi connectivity index (χ0v) is 36.3. The summed E-state index contributed by atoms with van der Waals surface area (Å²) in [6.07, 6.45) is -19.3. The number of ether oxygens (including phenoxy) is 4. The molecule has 0 radical (unpaired) electrons. The smallest absolute Gasteiger partial charge is 0.381 e. The van der Waals surface area contributed by atoms with Crippen molar-refractivity contribution in [1.29, 1.82) is 0 Å². The Morgan fingerprint density at radius 2 is 0.779 bits per heavy atom. The van der Waals surface area contributed by atoms with Gasteiger partial charge >= 0.3 is 90.0 Å². The molecule has 0 amide bonds. The topological polar surface area (TPSA) is 146 Å². The molecule has 3 atom stereocenters. The minimum atomic E-state index is -6.74. The van der Waals surface area contributed by atoms with Gasteiger partial charge in [-0.25, -0.2) is 36.7 Å². The summed E-state index contributed by atoms with van der Waals surface area (Å²) in [6, 6.07) is 0. The van der Waals surface area contributed by atoms with Gasteiger partial charge in [0.25, 0.3) is 0 Å². The normalized spacial score (nSPS) is 15.0. The van der Waals surface area contributed by atoms with Crippen LogP contribution in [0.25, 0.3) is 0 Å². The highest BCUT2D eigenvalue weighted by atomic mass is 19.4. The van der Waals surface area contributed by atoms with Crippen LogP contribution < -0.4 is 0 Å². The Morgan fingerprint density at radius 1 is 0.500 bits per heavy atom. The van der Waals surface area contributed by atoms with Gasteiger partial charge in [0.1, 0.15) is 12.2 Å². The molecule has 0 aromatic heterocycles. The van der Waals surface area contributed by atoms with E-state index in [2.05, 4.69) is 25.5 Å². The summed E-state index contributed by atoms with van der Waals surface area (Å²) in [5.41, 5.74) is -0.381. The number of hydrogen-bond acceptors (Lipinski definition) is 10. The molecule has 0 fully saturated rings. The number of esters is 4. The van der Waals surface area contributed by atoms with Gasteiger partial charge in [0.2, 0.25) is 0 Å². The largest absolute Gasteiger partial charge is 0.465 e. The van der Waals surface area contributed by atoms with Crippen molar-refractivity contribution in [3.05, 3.63) is 12.2 Å². The van der Waals surface area contributed by atoms with Crippen molar-refractivity contribution in [2.24, 2.45) is 17.8 Å². The maximum absolute atomic E-state index is 14.2. The Bertz CT molecular complexity index is 1640. The number of methoxy groups -OCH3 is 1. The van der Waals surface area contributed by atoms with E-state index in [1.54, 1.807) is 13.8 Å². The van der Waals surface area contributed by atoms with Gasteiger partial charge in [0.05, 0.1) is 7.11 Å². The molecule has 0 saturated carbocycles. The van der Waals surface area contributed by atoms with Crippen LogP contribution in [-0.4, -0.2) is 139 Å². The van der Waals surface area contributed by atoms with E-state index in [0.717, 1.165) is 14.0 Å². The van der Waals surface area contributed by atoms with Crippen molar-refractivity contribution in [3.8, 4) is 0 Å². The fourth-order valence-corrected chi connectivity index (χ4v) is 4.10. The fraction of sp³-hybridized carbons (Fsp3) is 0.833. The second-order valence-corrected chi connectivity index (χ2v) is 15.5. The van der Waals surface area contributed by atoms with E-state index in [-0.39, 0.29) is 17.9 Å². The average Bonchev–Trinajstić information content (AvgIpc) is 3.17. The molecule has 0 aliphatic rings. The lowest BCUT2D eigenvalue weighted by molar-refractivity contribution is -0.345. The maximum Gasteiger partial charge on any atom is 0.381 e. The van der Waals surface area contributed by atoms with Gasteiger partial charge in [-0.3, -0.25) is 0 Å². The minimum absolute atomic E-state index is 0.106. The molecule has 10 nitrogen and oxygen atoms in total. The molecule has 404 valence electrons. The van der Waals surface area contributed by atoms with E-state index in [0.29, 0.717) is 0 Å². The number of carbonyl (C=O) groups excluding carboxylic acids is 4. The summed E-state index contributed by atoms with van der Waals surface area (Å²) in [5.74, 6) is -62.5. The van der Waals surface area contributed by atoms with Crippen molar-refractivity contribution in [3.63, 3.8) is 0 Å². The average molecular weight is 1060 g/mol. The van der Waals surface area contributed by atoms with Crippen LogP contribution in [0.5, 0.6) is 0 Å². The number of halogens is 22. The maximum atomic E-state index is 14.2. The fourth-order valence-electron chi connectivity index (χ4n) is 4.10. The van der Waals surface area contributed by atoms with Crippen LogP contribution in [0.15, 0.2) is 12.2 Å². The van der Waals surface area contributed by atoms with Crippen molar-refractivity contribution in [2.45, 2.75) is 152 Å². The van der Waals surface area contributed by atoms with Gasteiger partial charge in [-0.05, 0) is 43.9 Å². The van der Waals surface area contributed by atoms with Crippen LogP contribution in [0.4, 0.5) is 96.6 Å². The molecular weight excluding hydrogens is 1010 g/mol. The van der Waals surface area contributed by atoms with Crippen molar-refractivity contribution >= 4 is 23.9 Å². The number of hydrogen-bond donors (Lipinski definition) is 2. The third kappa shape index (κ3) is 17.8. The monoisotopic (exact) mass is 1060 g/mol. The van der Waals surface area contributed by atoms with E-state index in [1.807, 2.05) is 0 Å². The first-order valence-electron chi connectivity index (χ1n) is 18.6. The van der Waals surface area contributed by atoms with E-state index >= 15 is 0 Å². The predicted molar refractivity (Wildman–Crippen MR) is 186 cm³/mol. The first kappa shape index (κ1) is 68.3. The SMILES string of the molecule is C=C(C)C(=O)OC(CC(C)C)C(F)(F)C(=O)OCC(F)(F)C(F)(F)C(F)(F)C(F)F.CC(C)CC(O)C(F)(F)C(=O)OCC(F)(F)C(F)(F)C(F)(F)C(F)F.COC(=O)C(F)(F)C(O)CC(C)C. The Labute approximate surface area is 371 Å². The lowest BCUT2D eigenvalue weighted by Gasteiger charge is -2.32. The van der Waals surface area contributed by atoms with E-state index < -0.39 is 146 Å². The molecule has 0 aliphatic carbocycles. The third-order valence-corrected chi connectivity index (χ3v) is 7.99. The summed E-state index contributed by atoms with van der Waals surface area (Å²) in [6.45, 7) is 6.76. The van der Waals surface area contributed by atoms with Crippen LogP contribution in [0.2, 0.25) is 0 Å². The van der Waals surface area contributed by atoms with Gasteiger partial charge in [-0.15, -0.1) is 0 Å². The van der Waals surface area contributed by atoms with Crippen molar-refractivity contribution in [1.82, 2.24) is 0 Å². The van der Waals surface area contributed by atoms with Crippen LogP contribution in [0.1, 0.15) is 67.7 Å². The van der Waals surface area contributed by atoms with Crippen LogP contribution in [0.3, 0.4) is 0 Å². The number of carbonyl (C=O) groups is 4. The lowest BCUT2D eigenvalue weighted by Crippen LogP contribution is -2.59. The Hall–Kier alpha value is -4.00. The third-order valence-electron chi connectivity index (χ3n) is 7.99. The summed E-state index contributed by atoms with van der Waals surface area (Å²) >= 11 is 0. The summed E-state index contributed by atoms with van der Waals surface area (Å²) in [5, 5.41) is 18.1. The van der Waals surface area contributed by atoms with Gasteiger partial charge in [0, 0.05) is 5.57 Å². The van der Waals surface area contributed by atoms with Gasteiger partial charge in [-0.2, -0.15) is 79.0 Å². The van der Waals surface area contributed by atoms with Gasteiger partial charge in [-0.1, -0.05) is 48.1 Å². The van der Waals surface area contributed by atoms with Crippen molar-refractivity contribution in [2.75, 3.05) is 20.3 Å². The Kier molecular flexibility index (Phi) is 25.3. The molecule has 0 spiro atoms. The highest BCUT2D eigenvalue weighted by molar-refractivity contribution is 5.88. The first-order chi connectivity index (χ1) is 29.9. The summed E-state index contributed by atoms with van der Waals surface area (Å²) in [4.78, 5) is 44.5. The van der Waals surface area contributed by atoms with Gasteiger partial charge < -0.3 is 29.2 Å². The lowest BCUT2D eigenvalue weighted by atomic mass is 10.0. The Morgan fingerprint density at radius 3 is 1.03 bits per heavy atom. The zero-order valence-electron chi connectivity index (χ0n) is 36.3. The highest BCUT2D eigenvalue weighted by Crippen LogP contribution is 2.50. The summed E-state index contributed by atoms with van der Waals surface area (Å²) < 4.78 is 299. The number of aliphatic hydroxyl groups excluding tert-OH is 2. The molecule has 2 N–H and O–H groups in total. The van der Waals surface area contributed by atoms with E-state index in [4.69, 9.17) is 10.2 Å². The zero-order chi connectivity index (χ0) is 55.4. The van der Waals surface area contributed by atoms with Crippen molar-refractivity contribution < 1.29 is 145 Å². The first-order valence-corrected chi connectivity index (χ1v) is 18.6. The molecule has 0 heterocycles. The molecule has 0 rings (SSSR count). The molecule has 0 aromatic carbocycles. The van der Waals surface area contributed by atoms with E-state index in [9.17, 15) is 116 Å². The molecule has 0 saturated heterocycles. The second-order valence-electron chi connectivity index (χ2n) is 15.5. The second kappa shape index (κ2) is 25.2. The number of alkyl halides is 22. The minimum Gasteiger partial charge on any atom is -0.465 e. The number of rotatable bonds is 24. The standard InChI is InChI=1S/C16H18F10O4.C12H14F10O3.C8H14F2O3/c1-7(2)5-9(30-10(27)8(3)4)14(21,22)12(28)29-6-13(19,20)16(25,26)15(23,24)11(17)18;1-5(2)3-6(23)10(17,18)8(24)25-4-9(15,16)12(21,22)11(19,20)7(13)14;1-5(2)4-6(11)8(9,10)7(12)13-3/h7,9,11H,3,5-6H2,1-2,4H3;5-7,23H,3-4H2,1-2H3;5-6,11H,4H2,1-3H3. The van der Waals surface area contributed by atoms with E-state index in [1.165, 1.54) is 27.7 Å². The molecule has 32 heteroatoms. The molecule has 68 heavy (non-hydrogen) atoms. The van der Waals surface area contributed by atoms with Crippen LogP contribution in [0, 0.1) is 17.8 Å². The molecule has 0 aromatic rings. The Balaban J connectivity index is -0.00000100.